The van der Waals surface area contributed by atoms with Crippen molar-refractivity contribution >= 4 is 17.6 Å². The molecule has 0 aliphatic carbocycles. The monoisotopic (exact) mass is 336 g/mol. The van der Waals surface area contributed by atoms with Crippen molar-refractivity contribution in [1.29, 1.82) is 0 Å². The molecule has 0 saturated carbocycles. The number of nitrogens with one attached hydrogen (secondary N) is 1. The van der Waals surface area contributed by atoms with Gasteiger partial charge in [0.15, 0.2) is 0 Å². The van der Waals surface area contributed by atoms with Crippen LogP contribution in [0, 0.1) is 0 Å². The predicted molar refractivity (Wildman–Crippen MR) is 92.2 cm³/mol. The van der Waals surface area contributed by atoms with Gasteiger partial charge in [0.25, 0.3) is 0 Å². The molecule has 6 nitrogen and oxygen atoms in total. The zero-order valence-electron chi connectivity index (χ0n) is 13.1. The van der Waals surface area contributed by atoms with E-state index in [1.165, 1.54) is 0 Å². The highest BCUT2D eigenvalue weighted by Crippen LogP contribution is 2.39. The molecule has 25 heavy (non-hydrogen) atoms. The van der Waals surface area contributed by atoms with Crippen molar-refractivity contribution in [2.45, 2.75) is 5.92 Å². The van der Waals surface area contributed by atoms with E-state index in [4.69, 9.17) is 5.73 Å². The van der Waals surface area contributed by atoms with E-state index in [1.54, 1.807) is 54.6 Å². The number of carboxylic acid groups (broad SMARTS) is 2. The van der Waals surface area contributed by atoms with Crippen LogP contribution in [0.5, 0.6) is 0 Å². The Balaban J connectivity index is 2.29. The van der Waals surface area contributed by atoms with Gasteiger partial charge in [0.2, 0.25) is 0 Å². The molecule has 5 N–H and O–H groups in total. The fourth-order valence-corrected chi connectivity index (χ4v) is 2.99. The maximum atomic E-state index is 12.0. The van der Waals surface area contributed by atoms with E-state index in [2.05, 4.69) is 5.32 Å². The first-order valence-corrected chi connectivity index (χ1v) is 7.58. The van der Waals surface area contributed by atoms with Gasteiger partial charge in [-0.15, -0.1) is 0 Å². The lowest BCUT2D eigenvalue weighted by atomic mass is 9.80. The van der Waals surface area contributed by atoms with Crippen molar-refractivity contribution in [2.75, 3.05) is 0 Å². The van der Waals surface area contributed by atoms with Crippen molar-refractivity contribution in [3.63, 3.8) is 0 Å². The average molecular weight is 336 g/mol. The van der Waals surface area contributed by atoms with Crippen LogP contribution in [0.4, 0.5) is 0 Å². The Morgan fingerprint density at radius 1 is 0.840 bits per heavy atom. The quantitative estimate of drug-likeness (QED) is 0.680. The van der Waals surface area contributed by atoms with Crippen LogP contribution in [-0.2, 0) is 9.59 Å². The molecule has 0 saturated heterocycles. The Bertz CT molecular complexity index is 886. The molecule has 1 aliphatic rings. The largest absolute Gasteiger partial charge is 0.478 e. The van der Waals surface area contributed by atoms with Crippen molar-refractivity contribution in [3.05, 3.63) is 88.8 Å². The SMILES string of the molecule is NC1=C(C(=O)O)C(c2ccccc2)C(C(=O)O)=C(c2ccccc2)N1. The highest BCUT2D eigenvalue weighted by molar-refractivity contribution is 6.04. The molecule has 2 aromatic rings. The average Bonchev–Trinajstić information content (AvgIpc) is 2.61. The van der Waals surface area contributed by atoms with Crippen LogP contribution in [0.1, 0.15) is 17.0 Å². The first-order valence-electron chi connectivity index (χ1n) is 7.58. The molecule has 126 valence electrons. The number of carbonyl (C=O) groups is 2. The zero-order chi connectivity index (χ0) is 18.0. The van der Waals surface area contributed by atoms with E-state index in [1.807, 2.05) is 6.07 Å². The van der Waals surface area contributed by atoms with Gasteiger partial charge in [-0.3, -0.25) is 0 Å². The Hall–Kier alpha value is -3.54. The second kappa shape index (κ2) is 6.52. The molecule has 0 aromatic heterocycles. The Morgan fingerprint density at radius 2 is 1.36 bits per heavy atom. The van der Waals surface area contributed by atoms with Crippen LogP contribution in [0.2, 0.25) is 0 Å². The molecule has 1 unspecified atom stereocenters. The normalized spacial score (nSPS) is 17.2. The number of carboxylic acids is 2. The third-order valence-corrected chi connectivity index (χ3v) is 4.05. The number of hydrogen-bond acceptors (Lipinski definition) is 4. The smallest absolute Gasteiger partial charge is 0.336 e. The molecule has 0 fully saturated rings. The third-order valence-electron chi connectivity index (χ3n) is 4.05. The summed E-state index contributed by atoms with van der Waals surface area (Å²) >= 11 is 0. The maximum Gasteiger partial charge on any atom is 0.336 e. The molecular formula is C19H16N2O4. The van der Waals surface area contributed by atoms with E-state index in [0.29, 0.717) is 16.8 Å². The number of aliphatic carboxylic acids is 2. The first-order chi connectivity index (χ1) is 12.0. The molecule has 3 rings (SSSR count). The van der Waals surface area contributed by atoms with Crippen LogP contribution in [0.15, 0.2) is 77.6 Å². The minimum Gasteiger partial charge on any atom is -0.478 e. The Labute approximate surface area is 143 Å². The van der Waals surface area contributed by atoms with Crippen molar-refractivity contribution < 1.29 is 19.8 Å². The molecular weight excluding hydrogens is 320 g/mol. The summed E-state index contributed by atoms with van der Waals surface area (Å²) in [5, 5.41) is 22.2. The second-order valence-electron chi connectivity index (χ2n) is 5.56. The third kappa shape index (κ3) is 2.97. The predicted octanol–water partition coefficient (Wildman–Crippen LogP) is 2.12. The van der Waals surface area contributed by atoms with Gasteiger partial charge >= 0.3 is 11.9 Å². The Kier molecular flexibility index (Phi) is 4.26. The van der Waals surface area contributed by atoms with Crippen LogP contribution in [0.3, 0.4) is 0 Å². The van der Waals surface area contributed by atoms with Crippen LogP contribution >= 0.6 is 0 Å². The molecule has 0 spiro atoms. The number of rotatable bonds is 4. The number of hydrogen-bond donors (Lipinski definition) is 4. The van der Waals surface area contributed by atoms with Gasteiger partial charge in [0.05, 0.1) is 22.8 Å². The minimum atomic E-state index is -1.26. The van der Waals surface area contributed by atoms with E-state index >= 15 is 0 Å². The van der Waals surface area contributed by atoms with Crippen LogP contribution in [-0.4, -0.2) is 22.2 Å². The van der Waals surface area contributed by atoms with Crippen molar-refractivity contribution in [3.8, 4) is 0 Å². The standard InChI is InChI=1S/C19H16N2O4/c20-17-15(19(24)25)13(11-7-3-1-4-8-11)14(18(22)23)16(21-17)12-9-5-2-6-10-12/h1-10,13,21H,20H2,(H,22,23)(H,24,25). The van der Waals surface area contributed by atoms with Gasteiger partial charge in [0.1, 0.15) is 5.82 Å². The first kappa shape index (κ1) is 16.3. The van der Waals surface area contributed by atoms with E-state index in [0.717, 1.165) is 0 Å². The molecule has 1 heterocycles. The van der Waals surface area contributed by atoms with Crippen LogP contribution in [0.25, 0.3) is 5.70 Å². The second-order valence-corrected chi connectivity index (χ2v) is 5.56. The highest BCUT2D eigenvalue weighted by atomic mass is 16.4. The summed E-state index contributed by atoms with van der Waals surface area (Å²) in [4.78, 5) is 23.8. The summed E-state index contributed by atoms with van der Waals surface area (Å²) in [6.07, 6.45) is 0. The summed E-state index contributed by atoms with van der Waals surface area (Å²) in [5.74, 6) is -3.51. The fourth-order valence-electron chi connectivity index (χ4n) is 2.99. The zero-order valence-corrected chi connectivity index (χ0v) is 13.1. The van der Waals surface area contributed by atoms with Gasteiger partial charge in [-0.25, -0.2) is 9.59 Å². The van der Waals surface area contributed by atoms with Crippen molar-refractivity contribution in [2.24, 2.45) is 5.73 Å². The fraction of sp³-hybridized carbons (Fsp3) is 0.0526. The summed E-state index contributed by atoms with van der Waals surface area (Å²) in [7, 11) is 0. The molecule has 1 aliphatic heterocycles. The van der Waals surface area contributed by atoms with Gasteiger partial charge < -0.3 is 21.3 Å². The van der Waals surface area contributed by atoms with Crippen molar-refractivity contribution in [1.82, 2.24) is 5.32 Å². The molecule has 0 bridgehead atoms. The van der Waals surface area contributed by atoms with Gasteiger partial charge in [0, 0.05) is 0 Å². The number of benzene rings is 2. The topological polar surface area (TPSA) is 113 Å². The van der Waals surface area contributed by atoms with Gasteiger partial charge in [-0.2, -0.15) is 0 Å². The lowest BCUT2D eigenvalue weighted by Gasteiger charge is -2.29. The lowest BCUT2D eigenvalue weighted by molar-refractivity contribution is -0.133. The molecule has 0 amide bonds. The molecule has 6 heteroatoms. The van der Waals surface area contributed by atoms with E-state index < -0.39 is 17.9 Å². The minimum absolute atomic E-state index is 0.0519. The maximum absolute atomic E-state index is 12.0. The highest BCUT2D eigenvalue weighted by Gasteiger charge is 2.38. The van der Waals surface area contributed by atoms with Crippen LogP contribution < -0.4 is 11.1 Å². The van der Waals surface area contributed by atoms with E-state index in [-0.39, 0.29) is 17.0 Å². The number of nitrogens with two attached hydrogens (primary N) is 1. The summed E-state index contributed by atoms with van der Waals surface area (Å²) in [6, 6.07) is 17.5. The van der Waals surface area contributed by atoms with E-state index in [9.17, 15) is 19.8 Å². The summed E-state index contributed by atoms with van der Waals surface area (Å²) < 4.78 is 0. The lowest BCUT2D eigenvalue weighted by Crippen LogP contribution is -2.35. The van der Waals surface area contributed by atoms with Gasteiger partial charge in [-0.1, -0.05) is 60.7 Å². The molecule has 0 radical (unpaired) electrons. The Morgan fingerprint density at radius 3 is 1.88 bits per heavy atom. The number of dihydropyridines is 1. The molecule has 1 atom stereocenters. The summed E-state index contributed by atoms with van der Waals surface area (Å²) in [6.45, 7) is 0. The molecule has 2 aromatic carbocycles. The summed E-state index contributed by atoms with van der Waals surface area (Å²) in [5.41, 5.74) is 7.19. The van der Waals surface area contributed by atoms with Gasteiger partial charge in [-0.05, 0) is 11.1 Å².